The van der Waals surface area contributed by atoms with Crippen LogP contribution < -0.4 is 5.32 Å². The van der Waals surface area contributed by atoms with Gasteiger partial charge in [0.05, 0.1) is 17.7 Å². The molecule has 1 aliphatic heterocycles. The van der Waals surface area contributed by atoms with Crippen LogP contribution in [-0.4, -0.2) is 64.0 Å². The summed E-state index contributed by atoms with van der Waals surface area (Å²) in [5.41, 5.74) is 0.437. The van der Waals surface area contributed by atoms with Crippen molar-refractivity contribution in [2.45, 2.75) is 122 Å². The van der Waals surface area contributed by atoms with E-state index in [1.807, 2.05) is 13.8 Å². The first-order chi connectivity index (χ1) is 19.7. The zero-order valence-electron chi connectivity index (χ0n) is 26.0. The van der Waals surface area contributed by atoms with Crippen LogP contribution in [0.5, 0.6) is 0 Å². The van der Waals surface area contributed by atoms with Gasteiger partial charge in [-0.05, 0) is 120 Å². The number of rotatable bonds is 8. The third kappa shape index (κ3) is 5.56. The summed E-state index contributed by atoms with van der Waals surface area (Å²) in [5, 5.41) is 28.0. The minimum Gasteiger partial charge on any atom is -0.481 e. The standard InChI is InChI=1S/C33H50N2O7/c1-20(36)33(40)14-10-26-24-7-6-22-16-23(8-12-31(22,4)25(24)9-13-32(26,33)5)35-42-19-28(37)34-27(17-29(38)39)21-11-15-41-30(2,3)18-21/h16,21,24-27,40H,6-15,17-19H2,1-5H3,(H,34,37)(H,38,39)/t21-,24-,25+,26+,27+,31+,32+,33+/m1/s1. The van der Waals surface area contributed by atoms with E-state index in [9.17, 15) is 24.6 Å². The van der Waals surface area contributed by atoms with E-state index in [2.05, 4.69) is 30.4 Å². The Hall–Kier alpha value is -2.26. The number of oxime groups is 1. The molecule has 9 nitrogen and oxygen atoms in total. The van der Waals surface area contributed by atoms with E-state index in [0.717, 1.165) is 50.7 Å². The molecule has 8 atom stereocenters. The highest BCUT2D eigenvalue weighted by molar-refractivity contribution is 5.96. The van der Waals surface area contributed by atoms with E-state index >= 15 is 0 Å². The molecule has 0 aromatic heterocycles. The predicted octanol–water partition coefficient (Wildman–Crippen LogP) is 4.81. The number of Topliss-reactive ketones (excluding diaryl/α,β-unsaturated/α-hetero) is 1. The quantitative estimate of drug-likeness (QED) is 0.348. The SMILES string of the molecule is CC(=O)[C@@]1(O)CC[C@H]2[C@@H]3CCC4=CC(=NOCC(=O)N[C@@H](CC(=O)O)[C@@H]5CCOC(C)(C)C5)CC[C@]4(C)[C@H]3CC[C@@]21C. The van der Waals surface area contributed by atoms with Gasteiger partial charge in [0.1, 0.15) is 5.60 Å². The predicted molar refractivity (Wildman–Crippen MR) is 158 cm³/mol. The molecule has 1 heterocycles. The Balaban J connectivity index is 1.20. The van der Waals surface area contributed by atoms with E-state index in [-0.39, 0.29) is 47.1 Å². The van der Waals surface area contributed by atoms with Crippen LogP contribution in [0.25, 0.3) is 0 Å². The van der Waals surface area contributed by atoms with E-state index in [0.29, 0.717) is 43.6 Å². The van der Waals surface area contributed by atoms with Gasteiger partial charge in [0.15, 0.2) is 12.4 Å². The van der Waals surface area contributed by atoms with Crippen molar-refractivity contribution in [2.24, 2.45) is 39.7 Å². The number of hydrogen-bond donors (Lipinski definition) is 3. The molecule has 3 saturated carbocycles. The van der Waals surface area contributed by atoms with E-state index < -0.39 is 17.6 Å². The van der Waals surface area contributed by atoms with E-state index in [4.69, 9.17) is 9.57 Å². The van der Waals surface area contributed by atoms with Crippen LogP contribution >= 0.6 is 0 Å². The van der Waals surface area contributed by atoms with Gasteiger partial charge in [0, 0.05) is 18.1 Å². The first kappa shape index (κ1) is 31.2. The van der Waals surface area contributed by atoms with Gasteiger partial charge >= 0.3 is 5.97 Å². The van der Waals surface area contributed by atoms with Gasteiger partial charge in [-0.15, -0.1) is 0 Å². The summed E-state index contributed by atoms with van der Waals surface area (Å²) in [6.07, 6.45) is 10.6. The van der Waals surface area contributed by atoms with Crippen molar-refractivity contribution in [1.29, 1.82) is 0 Å². The van der Waals surface area contributed by atoms with Gasteiger partial charge in [-0.1, -0.05) is 24.6 Å². The molecule has 0 aromatic carbocycles. The highest BCUT2D eigenvalue weighted by Crippen LogP contribution is 2.67. The van der Waals surface area contributed by atoms with Crippen molar-refractivity contribution in [2.75, 3.05) is 13.2 Å². The second-order valence-electron chi connectivity index (χ2n) is 14.9. The molecule has 234 valence electrons. The molecule has 42 heavy (non-hydrogen) atoms. The lowest BCUT2D eigenvalue weighted by Gasteiger charge is -2.59. The van der Waals surface area contributed by atoms with Crippen LogP contribution in [-0.2, 0) is 24.0 Å². The van der Waals surface area contributed by atoms with Gasteiger partial charge in [-0.25, -0.2) is 0 Å². The van der Waals surface area contributed by atoms with Gasteiger partial charge < -0.3 is 25.1 Å². The van der Waals surface area contributed by atoms with Gasteiger partial charge in [-0.2, -0.15) is 0 Å². The van der Waals surface area contributed by atoms with Crippen LogP contribution in [0.15, 0.2) is 16.8 Å². The molecule has 4 fully saturated rings. The molecule has 0 spiro atoms. The molecule has 0 bridgehead atoms. The fraction of sp³-hybridized carbons (Fsp3) is 0.818. The summed E-state index contributed by atoms with van der Waals surface area (Å²) in [6.45, 7) is 10.4. The van der Waals surface area contributed by atoms with Crippen molar-refractivity contribution in [3.05, 3.63) is 11.6 Å². The van der Waals surface area contributed by atoms with Crippen LogP contribution in [0.4, 0.5) is 0 Å². The summed E-state index contributed by atoms with van der Waals surface area (Å²) in [5.74, 6) is 0.0492. The third-order valence-electron chi connectivity index (χ3n) is 12.1. The lowest BCUT2D eigenvalue weighted by atomic mass is 9.46. The van der Waals surface area contributed by atoms with Crippen LogP contribution in [0, 0.1) is 34.5 Å². The molecule has 9 heteroatoms. The number of allylic oxidation sites excluding steroid dienone is 2. The third-order valence-corrected chi connectivity index (χ3v) is 12.1. The van der Waals surface area contributed by atoms with Crippen LogP contribution in [0.3, 0.4) is 0 Å². The van der Waals surface area contributed by atoms with Gasteiger partial charge in [-0.3, -0.25) is 14.4 Å². The molecule has 5 aliphatic rings. The van der Waals surface area contributed by atoms with E-state index in [1.165, 1.54) is 5.57 Å². The Bertz CT molecular complexity index is 1160. The molecule has 4 aliphatic carbocycles. The lowest BCUT2D eigenvalue weighted by molar-refractivity contribution is -0.159. The number of aliphatic carboxylic acids is 1. The molecular weight excluding hydrogens is 536 g/mol. The number of amides is 1. The summed E-state index contributed by atoms with van der Waals surface area (Å²) in [7, 11) is 0. The topological polar surface area (TPSA) is 135 Å². The fourth-order valence-electron chi connectivity index (χ4n) is 9.81. The Morgan fingerprint density at radius 1 is 1.07 bits per heavy atom. The number of carboxylic acids is 1. The van der Waals surface area contributed by atoms with Crippen molar-refractivity contribution < 1.29 is 34.2 Å². The first-order valence-electron chi connectivity index (χ1n) is 16.0. The Labute approximate surface area is 249 Å². The molecule has 3 N–H and O–H groups in total. The van der Waals surface area contributed by atoms with Crippen LogP contribution in [0.2, 0.25) is 0 Å². The smallest absolute Gasteiger partial charge is 0.305 e. The highest BCUT2D eigenvalue weighted by atomic mass is 16.6. The summed E-state index contributed by atoms with van der Waals surface area (Å²) in [4.78, 5) is 42.2. The summed E-state index contributed by atoms with van der Waals surface area (Å²) < 4.78 is 5.77. The summed E-state index contributed by atoms with van der Waals surface area (Å²) in [6, 6.07) is -0.481. The molecule has 5 rings (SSSR count). The Morgan fingerprint density at radius 3 is 2.50 bits per heavy atom. The molecule has 1 saturated heterocycles. The van der Waals surface area contributed by atoms with E-state index in [1.54, 1.807) is 6.92 Å². The van der Waals surface area contributed by atoms with Crippen molar-refractivity contribution in [3.8, 4) is 0 Å². The number of carboxylic acid groups (broad SMARTS) is 1. The molecule has 0 unspecified atom stereocenters. The van der Waals surface area contributed by atoms with Crippen molar-refractivity contribution in [1.82, 2.24) is 5.32 Å². The number of fused-ring (bicyclic) bond motifs is 5. The number of carbonyl (C=O) groups is 3. The second kappa shape index (κ2) is 11.3. The second-order valence-corrected chi connectivity index (χ2v) is 14.9. The molecular formula is C33H50N2O7. The van der Waals surface area contributed by atoms with Crippen LogP contribution in [0.1, 0.15) is 105 Å². The fourth-order valence-corrected chi connectivity index (χ4v) is 9.81. The summed E-state index contributed by atoms with van der Waals surface area (Å²) >= 11 is 0. The Kier molecular flexibility index (Phi) is 8.42. The monoisotopic (exact) mass is 586 g/mol. The average molecular weight is 587 g/mol. The zero-order chi connectivity index (χ0) is 30.5. The zero-order valence-corrected chi connectivity index (χ0v) is 26.0. The minimum absolute atomic E-state index is 0.0224. The average Bonchev–Trinajstić information content (AvgIpc) is 3.19. The van der Waals surface area contributed by atoms with Gasteiger partial charge in [0.25, 0.3) is 5.91 Å². The number of ether oxygens (including phenoxy) is 1. The normalized spacial score (nSPS) is 40.6. The number of hydrogen-bond acceptors (Lipinski definition) is 7. The number of nitrogens with zero attached hydrogens (tertiary/aromatic N) is 1. The maximum atomic E-state index is 12.7. The molecule has 0 radical (unpaired) electrons. The number of ketones is 1. The van der Waals surface area contributed by atoms with Gasteiger partial charge in [0.2, 0.25) is 0 Å². The Morgan fingerprint density at radius 2 is 1.81 bits per heavy atom. The molecule has 1 amide bonds. The van der Waals surface area contributed by atoms with Crippen molar-refractivity contribution >= 4 is 23.4 Å². The first-order valence-corrected chi connectivity index (χ1v) is 16.0. The molecule has 0 aromatic rings. The number of carbonyl (C=O) groups excluding carboxylic acids is 2. The maximum absolute atomic E-state index is 12.7. The lowest BCUT2D eigenvalue weighted by Crippen LogP contribution is -2.57. The minimum atomic E-state index is -1.19. The number of aliphatic hydroxyl groups is 1. The van der Waals surface area contributed by atoms with Crippen molar-refractivity contribution in [3.63, 3.8) is 0 Å². The largest absolute Gasteiger partial charge is 0.481 e. The maximum Gasteiger partial charge on any atom is 0.305 e. The number of nitrogens with one attached hydrogen (secondary N) is 1. The highest BCUT2D eigenvalue weighted by Gasteiger charge is 2.65.